The zero-order valence-corrected chi connectivity index (χ0v) is 17.7. The molecule has 0 saturated heterocycles. The zero-order valence-electron chi connectivity index (χ0n) is 17.7. The molecule has 0 bridgehead atoms. The predicted octanol–water partition coefficient (Wildman–Crippen LogP) is 4.09. The van der Waals surface area contributed by atoms with Gasteiger partial charge in [0.15, 0.2) is 11.9 Å². The molecule has 0 aliphatic heterocycles. The second kappa shape index (κ2) is 10.1. The Morgan fingerprint density at radius 2 is 1.74 bits per heavy atom. The number of hydrogen-bond donors (Lipinski definition) is 1. The first-order valence-electron chi connectivity index (χ1n) is 10.5. The first-order chi connectivity index (χ1) is 14.9. The van der Waals surface area contributed by atoms with Crippen molar-refractivity contribution in [1.82, 2.24) is 5.32 Å². The Kier molecular flexibility index (Phi) is 7.23. The number of amides is 2. The van der Waals surface area contributed by atoms with Crippen LogP contribution in [0.15, 0.2) is 48.5 Å². The van der Waals surface area contributed by atoms with Crippen LogP contribution in [0, 0.1) is 10.1 Å². The van der Waals surface area contributed by atoms with Crippen molar-refractivity contribution >= 4 is 23.2 Å². The van der Waals surface area contributed by atoms with Crippen molar-refractivity contribution in [3.05, 3.63) is 64.2 Å². The Bertz CT molecular complexity index is 956. The number of nitro benzene ring substituents is 1. The van der Waals surface area contributed by atoms with Crippen LogP contribution in [0.2, 0.25) is 0 Å². The molecule has 0 aromatic heterocycles. The van der Waals surface area contributed by atoms with Gasteiger partial charge >= 0.3 is 5.69 Å². The third-order valence-electron chi connectivity index (χ3n) is 5.49. The number of carbonyl (C=O) groups excluding carboxylic acids is 2. The smallest absolute Gasteiger partial charge is 0.310 e. The maximum absolute atomic E-state index is 13.0. The third-order valence-corrected chi connectivity index (χ3v) is 5.49. The maximum atomic E-state index is 13.0. The first-order valence-corrected chi connectivity index (χ1v) is 10.5. The number of rotatable bonds is 7. The molecule has 3 rings (SSSR count). The molecule has 8 nitrogen and oxygen atoms in total. The van der Waals surface area contributed by atoms with Crippen LogP contribution in [-0.4, -0.2) is 35.9 Å². The lowest BCUT2D eigenvalue weighted by atomic mass is 9.95. The molecule has 0 heterocycles. The lowest BCUT2D eigenvalue weighted by Gasteiger charge is -2.26. The molecule has 8 heteroatoms. The highest BCUT2D eigenvalue weighted by molar-refractivity contribution is 6.05. The molecular formula is C23H27N3O5. The minimum atomic E-state index is -0.986. The summed E-state index contributed by atoms with van der Waals surface area (Å²) in [6, 6.07) is 13.0. The number of anilines is 1. The molecule has 0 radical (unpaired) electrons. The number of nitrogens with zero attached hydrogens (tertiary/aromatic N) is 2. The molecule has 2 aromatic carbocycles. The van der Waals surface area contributed by atoms with Crippen LogP contribution >= 0.6 is 0 Å². The van der Waals surface area contributed by atoms with Crippen LogP contribution in [0.5, 0.6) is 5.75 Å². The Morgan fingerprint density at radius 1 is 1.10 bits per heavy atom. The molecule has 164 valence electrons. The lowest BCUT2D eigenvalue weighted by molar-refractivity contribution is -0.386. The highest BCUT2D eigenvalue weighted by Gasteiger charge is 2.27. The van der Waals surface area contributed by atoms with Gasteiger partial charge in [-0.1, -0.05) is 43.5 Å². The topological polar surface area (TPSA) is 102 Å². The number of para-hydroxylation sites is 3. The van der Waals surface area contributed by atoms with Gasteiger partial charge in [-0.25, -0.2) is 0 Å². The Hall–Kier alpha value is -3.42. The van der Waals surface area contributed by atoms with E-state index in [1.54, 1.807) is 37.4 Å². The van der Waals surface area contributed by atoms with Crippen LogP contribution < -0.4 is 15.0 Å². The summed E-state index contributed by atoms with van der Waals surface area (Å²) in [5.41, 5.74) is 0.651. The molecule has 1 fully saturated rings. The van der Waals surface area contributed by atoms with Crippen molar-refractivity contribution in [2.24, 2.45) is 0 Å². The highest BCUT2D eigenvalue weighted by atomic mass is 16.6. The monoisotopic (exact) mass is 425 g/mol. The van der Waals surface area contributed by atoms with Gasteiger partial charge in [0.1, 0.15) is 0 Å². The molecule has 0 spiro atoms. The maximum Gasteiger partial charge on any atom is 0.310 e. The molecule has 1 atom stereocenters. The van der Waals surface area contributed by atoms with Gasteiger partial charge in [-0.05, 0) is 38.0 Å². The quantitative estimate of drug-likeness (QED) is 0.532. The van der Waals surface area contributed by atoms with E-state index in [0.717, 1.165) is 25.7 Å². The van der Waals surface area contributed by atoms with Crippen molar-refractivity contribution in [3.63, 3.8) is 0 Å². The predicted molar refractivity (Wildman–Crippen MR) is 117 cm³/mol. The second-order valence-electron chi connectivity index (χ2n) is 7.71. The van der Waals surface area contributed by atoms with Gasteiger partial charge in [-0.15, -0.1) is 0 Å². The molecule has 1 saturated carbocycles. The number of hydrogen-bond acceptors (Lipinski definition) is 5. The lowest BCUT2D eigenvalue weighted by Crippen LogP contribution is -2.40. The van der Waals surface area contributed by atoms with Gasteiger partial charge in [0.25, 0.3) is 11.8 Å². The molecule has 1 aliphatic rings. The standard InChI is InChI=1S/C23H27N3O5/c1-16(31-21-15-9-8-14-20(21)26(29)30)23(28)25(2)19-13-7-6-12-18(19)22(27)24-17-10-4-3-5-11-17/h6-9,12-17H,3-5,10-11H2,1-2H3,(H,24,27)/t16-/m0/s1. The summed E-state index contributed by atoms with van der Waals surface area (Å²) in [4.78, 5) is 37.9. The molecule has 31 heavy (non-hydrogen) atoms. The van der Waals surface area contributed by atoms with Crippen LogP contribution in [0.1, 0.15) is 49.4 Å². The second-order valence-corrected chi connectivity index (χ2v) is 7.71. The summed E-state index contributed by atoms with van der Waals surface area (Å²) in [7, 11) is 1.56. The average Bonchev–Trinajstić information content (AvgIpc) is 2.79. The normalized spacial score (nSPS) is 15.0. The largest absolute Gasteiger partial charge is 0.474 e. The number of carbonyl (C=O) groups is 2. The summed E-state index contributed by atoms with van der Waals surface area (Å²) in [6.45, 7) is 1.53. The van der Waals surface area contributed by atoms with Gasteiger partial charge in [-0.3, -0.25) is 19.7 Å². The van der Waals surface area contributed by atoms with E-state index in [1.807, 2.05) is 0 Å². The van der Waals surface area contributed by atoms with E-state index in [0.29, 0.717) is 11.3 Å². The van der Waals surface area contributed by atoms with E-state index >= 15 is 0 Å². The van der Waals surface area contributed by atoms with Crippen molar-refractivity contribution < 1.29 is 19.2 Å². The van der Waals surface area contributed by atoms with E-state index in [9.17, 15) is 19.7 Å². The molecule has 2 aromatic rings. The van der Waals surface area contributed by atoms with E-state index in [2.05, 4.69) is 5.32 Å². The zero-order chi connectivity index (χ0) is 22.4. The molecule has 1 N–H and O–H groups in total. The van der Waals surface area contributed by atoms with E-state index in [4.69, 9.17) is 4.74 Å². The molecule has 2 amide bonds. The van der Waals surface area contributed by atoms with E-state index in [-0.39, 0.29) is 23.4 Å². The van der Waals surface area contributed by atoms with Crippen LogP contribution in [0.3, 0.4) is 0 Å². The van der Waals surface area contributed by atoms with E-state index < -0.39 is 16.9 Å². The van der Waals surface area contributed by atoms with Crippen molar-refractivity contribution in [2.45, 2.75) is 51.2 Å². The highest BCUT2D eigenvalue weighted by Crippen LogP contribution is 2.28. The first kappa shape index (κ1) is 22.3. The summed E-state index contributed by atoms with van der Waals surface area (Å²) < 4.78 is 5.60. The number of benzene rings is 2. The van der Waals surface area contributed by atoms with Crippen LogP contribution in [0.25, 0.3) is 0 Å². The van der Waals surface area contributed by atoms with Crippen molar-refractivity contribution in [1.29, 1.82) is 0 Å². The van der Waals surface area contributed by atoms with Gasteiger partial charge in [0.05, 0.1) is 16.2 Å². The van der Waals surface area contributed by atoms with Gasteiger partial charge in [-0.2, -0.15) is 0 Å². The van der Waals surface area contributed by atoms with Gasteiger partial charge in [0.2, 0.25) is 0 Å². The number of nitro groups is 1. The Labute approximate surface area is 181 Å². The Morgan fingerprint density at radius 3 is 2.45 bits per heavy atom. The van der Waals surface area contributed by atoms with Crippen LogP contribution in [-0.2, 0) is 4.79 Å². The van der Waals surface area contributed by atoms with Gasteiger partial charge in [0, 0.05) is 19.2 Å². The molecule has 1 aliphatic carbocycles. The van der Waals surface area contributed by atoms with E-state index in [1.165, 1.54) is 36.4 Å². The summed E-state index contributed by atoms with van der Waals surface area (Å²) in [5, 5.41) is 14.3. The Balaban J connectivity index is 1.75. The fraction of sp³-hybridized carbons (Fsp3) is 0.391. The number of ether oxygens (including phenoxy) is 1. The third kappa shape index (κ3) is 5.39. The molecule has 0 unspecified atom stereocenters. The SMILES string of the molecule is C[C@H](Oc1ccccc1[N+](=O)[O-])C(=O)N(C)c1ccccc1C(=O)NC1CCCCC1. The summed E-state index contributed by atoms with van der Waals surface area (Å²) in [5.74, 6) is -0.615. The average molecular weight is 425 g/mol. The minimum absolute atomic E-state index is 0.0186. The molecular weight excluding hydrogens is 398 g/mol. The van der Waals surface area contributed by atoms with Crippen molar-refractivity contribution in [2.75, 3.05) is 11.9 Å². The number of nitrogens with one attached hydrogen (secondary N) is 1. The summed E-state index contributed by atoms with van der Waals surface area (Å²) in [6.07, 6.45) is 4.34. The number of likely N-dealkylation sites (N-methyl/N-ethyl adjacent to an activating group) is 1. The van der Waals surface area contributed by atoms with Gasteiger partial charge < -0.3 is 15.0 Å². The minimum Gasteiger partial charge on any atom is -0.474 e. The van der Waals surface area contributed by atoms with Crippen molar-refractivity contribution in [3.8, 4) is 5.75 Å². The summed E-state index contributed by atoms with van der Waals surface area (Å²) >= 11 is 0. The van der Waals surface area contributed by atoms with Crippen LogP contribution in [0.4, 0.5) is 11.4 Å². The fourth-order valence-corrected chi connectivity index (χ4v) is 3.81. The fourth-order valence-electron chi connectivity index (χ4n) is 3.81.